The lowest BCUT2D eigenvalue weighted by Crippen LogP contribution is -1.87. The van der Waals surface area contributed by atoms with Gasteiger partial charge in [0.05, 0.1) is 0 Å². The van der Waals surface area contributed by atoms with Crippen LogP contribution < -0.4 is 0 Å². The number of hydrogen-bond acceptors (Lipinski definition) is 1. The summed E-state index contributed by atoms with van der Waals surface area (Å²) in [6, 6.07) is 12.2. The minimum absolute atomic E-state index is 1.05. The standard InChI is InChI=1S/C12H10BrN/c1-9-12(11(13)7-8-14-9)10-5-3-2-4-6-10/h2-8H,1H3. The van der Waals surface area contributed by atoms with Crippen LogP contribution in [0.15, 0.2) is 47.1 Å². The number of nitrogens with zero attached hydrogens (tertiary/aromatic N) is 1. The Bertz CT molecular complexity index is 417. The van der Waals surface area contributed by atoms with Crippen LogP contribution in [0.5, 0.6) is 0 Å². The zero-order valence-corrected chi connectivity index (χ0v) is 9.45. The van der Waals surface area contributed by atoms with E-state index in [4.69, 9.17) is 0 Å². The van der Waals surface area contributed by atoms with Gasteiger partial charge in [0.1, 0.15) is 0 Å². The predicted octanol–water partition coefficient (Wildman–Crippen LogP) is 3.82. The molecule has 1 aromatic carbocycles. The van der Waals surface area contributed by atoms with Gasteiger partial charge in [-0.1, -0.05) is 46.3 Å². The molecule has 1 aromatic heterocycles. The zero-order chi connectivity index (χ0) is 9.97. The van der Waals surface area contributed by atoms with E-state index in [2.05, 4.69) is 33.0 Å². The van der Waals surface area contributed by atoms with Crippen molar-refractivity contribution in [1.29, 1.82) is 0 Å². The summed E-state index contributed by atoms with van der Waals surface area (Å²) < 4.78 is 1.09. The van der Waals surface area contributed by atoms with E-state index >= 15 is 0 Å². The Balaban J connectivity index is 2.63. The minimum atomic E-state index is 1.05. The molecule has 0 saturated heterocycles. The van der Waals surface area contributed by atoms with Crippen LogP contribution in [0.4, 0.5) is 0 Å². The molecule has 0 amide bonds. The van der Waals surface area contributed by atoms with Crippen molar-refractivity contribution in [1.82, 2.24) is 4.98 Å². The van der Waals surface area contributed by atoms with Crippen molar-refractivity contribution in [3.8, 4) is 11.1 Å². The van der Waals surface area contributed by atoms with E-state index in [1.165, 1.54) is 11.1 Å². The molecule has 0 spiro atoms. The highest BCUT2D eigenvalue weighted by molar-refractivity contribution is 9.10. The lowest BCUT2D eigenvalue weighted by atomic mass is 10.1. The Hall–Kier alpha value is -1.15. The van der Waals surface area contributed by atoms with E-state index in [1.54, 1.807) is 0 Å². The van der Waals surface area contributed by atoms with E-state index in [0.29, 0.717) is 0 Å². The van der Waals surface area contributed by atoms with Crippen LogP contribution in [0, 0.1) is 6.92 Å². The number of aromatic nitrogens is 1. The molecule has 2 heteroatoms. The Morgan fingerprint density at radius 1 is 1.07 bits per heavy atom. The molecule has 0 saturated carbocycles. The Labute approximate surface area is 91.9 Å². The maximum Gasteiger partial charge on any atom is 0.0462 e. The van der Waals surface area contributed by atoms with Crippen LogP contribution in [-0.4, -0.2) is 4.98 Å². The SMILES string of the molecule is Cc1nccc(Br)c1-c1ccccc1. The first-order valence-corrected chi connectivity index (χ1v) is 5.25. The summed E-state index contributed by atoms with van der Waals surface area (Å²) in [7, 11) is 0. The summed E-state index contributed by atoms with van der Waals surface area (Å²) in [4.78, 5) is 4.29. The van der Waals surface area contributed by atoms with Gasteiger partial charge < -0.3 is 0 Å². The van der Waals surface area contributed by atoms with Gasteiger partial charge in [0, 0.05) is 21.9 Å². The maximum atomic E-state index is 4.29. The number of benzene rings is 1. The minimum Gasteiger partial charge on any atom is -0.261 e. The Morgan fingerprint density at radius 2 is 1.79 bits per heavy atom. The van der Waals surface area contributed by atoms with Crippen molar-refractivity contribution >= 4 is 15.9 Å². The highest BCUT2D eigenvalue weighted by atomic mass is 79.9. The smallest absolute Gasteiger partial charge is 0.0462 e. The van der Waals surface area contributed by atoms with Crippen LogP contribution in [0.2, 0.25) is 0 Å². The second-order valence-electron chi connectivity index (χ2n) is 3.12. The summed E-state index contributed by atoms with van der Waals surface area (Å²) >= 11 is 3.54. The lowest BCUT2D eigenvalue weighted by molar-refractivity contribution is 1.19. The van der Waals surface area contributed by atoms with Gasteiger partial charge in [0.2, 0.25) is 0 Å². The molecule has 0 unspecified atom stereocenters. The normalized spacial score (nSPS) is 10.1. The number of halogens is 1. The molecular formula is C12H10BrN. The quantitative estimate of drug-likeness (QED) is 0.747. The van der Waals surface area contributed by atoms with E-state index in [0.717, 1.165) is 10.2 Å². The van der Waals surface area contributed by atoms with E-state index in [1.807, 2.05) is 37.4 Å². The highest BCUT2D eigenvalue weighted by Gasteiger charge is 2.05. The number of rotatable bonds is 1. The monoisotopic (exact) mass is 247 g/mol. The third-order valence-electron chi connectivity index (χ3n) is 2.15. The largest absolute Gasteiger partial charge is 0.261 e. The van der Waals surface area contributed by atoms with Crippen molar-refractivity contribution in [3.05, 3.63) is 52.8 Å². The molecule has 70 valence electrons. The fraction of sp³-hybridized carbons (Fsp3) is 0.0833. The van der Waals surface area contributed by atoms with Gasteiger partial charge in [-0.25, -0.2) is 0 Å². The molecule has 0 N–H and O–H groups in total. The van der Waals surface area contributed by atoms with Gasteiger partial charge in [-0.15, -0.1) is 0 Å². The summed E-state index contributed by atoms with van der Waals surface area (Å²) in [5.74, 6) is 0. The molecule has 0 aliphatic carbocycles. The average Bonchev–Trinajstić information content (AvgIpc) is 2.19. The zero-order valence-electron chi connectivity index (χ0n) is 7.87. The van der Waals surface area contributed by atoms with Gasteiger partial charge in [-0.2, -0.15) is 0 Å². The molecule has 0 aliphatic heterocycles. The first-order chi connectivity index (χ1) is 6.79. The molecule has 2 aromatic rings. The summed E-state index contributed by atoms with van der Waals surface area (Å²) in [6.07, 6.45) is 1.81. The molecule has 1 nitrogen and oxygen atoms in total. The predicted molar refractivity (Wildman–Crippen MR) is 62.1 cm³/mol. The Morgan fingerprint density at radius 3 is 2.43 bits per heavy atom. The second-order valence-corrected chi connectivity index (χ2v) is 3.97. The number of pyridine rings is 1. The van der Waals surface area contributed by atoms with Crippen molar-refractivity contribution in [2.45, 2.75) is 6.92 Å². The second kappa shape index (κ2) is 3.93. The van der Waals surface area contributed by atoms with E-state index in [-0.39, 0.29) is 0 Å². The van der Waals surface area contributed by atoms with Gasteiger partial charge in [-0.05, 0) is 18.6 Å². The first kappa shape index (κ1) is 9.41. The van der Waals surface area contributed by atoms with Crippen LogP contribution in [0.25, 0.3) is 11.1 Å². The van der Waals surface area contributed by atoms with Crippen LogP contribution in [0.1, 0.15) is 5.69 Å². The highest BCUT2D eigenvalue weighted by Crippen LogP contribution is 2.29. The summed E-state index contributed by atoms with van der Waals surface area (Å²) in [5.41, 5.74) is 3.42. The van der Waals surface area contributed by atoms with Crippen LogP contribution in [0.3, 0.4) is 0 Å². The van der Waals surface area contributed by atoms with Gasteiger partial charge in [0.15, 0.2) is 0 Å². The van der Waals surface area contributed by atoms with Gasteiger partial charge in [0.25, 0.3) is 0 Å². The molecule has 0 radical (unpaired) electrons. The number of aryl methyl sites for hydroxylation is 1. The molecule has 0 aliphatic rings. The van der Waals surface area contributed by atoms with Crippen LogP contribution >= 0.6 is 15.9 Å². The third-order valence-corrected chi connectivity index (χ3v) is 2.81. The van der Waals surface area contributed by atoms with E-state index in [9.17, 15) is 0 Å². The molecule has 0 bridgehead atoms. The average molecular weight is 248 g/mol. The fourth-order valence-electron chi connectivity index (χ4n) is 1.49. The van der Waals surface area contributed by atoms with Crippen LogP contribution in [-0.2, 0) is 0 Å². The maximum absolute atomic E-state index is 4.29. The molecular weight excluding hydrogens is 238 g/mol. The van der Waals surface area contributed by atoms with Gasteiger partial charge >= 0.3 is 0 Å². The molecule has 0 atom stereocenters. The summed E-state index contributed by atoms with van der Waals surface area (Å²) in [5, 5.41) is 0. The number of hydrogen-bond donors (Lipinski definition) is 0. The lowest BCUT2D eigenvalue weighted by Gasteiger charge is -2.06. The fourth-order valence-corrected chi connectivity index (χ4v) is 2.12. The van der Waals surface area contributed by atoms with Crippen molar-refractivity contribution in [2.24, 2.45) is 0 Å². The molecule has 1 heterocycles. The molecule has 2 rings (SSSR count). The Kier molecular flexibility index (Phi) is 2.64. The molecule has 14 heavy (non-hydrogen) atoms. The van der Waals surface area contributed by atoms with Crippen molar-refractivity contribution in [3.63, 3.8) is 0 Å². The molecule has 0 fully saturated rings. The van der Waals surface area contributed by atoms with Crippen molar-refractivity contribution in [2.75, 3.05) is 0 Å². The third kappa shape index (κ3) is 1.70. The topological polar surface area (TPSA) is 12.9 Å². The summed E-state index contributed by atoms with van der Waals surface area (Å²) in [6.45, 7) is 2.02. The first-order valence-electron chi connectivity index (χ1n) is 4.45. The van der Waals surface area contributed by atoms with E-state index < -0.39 is 0 Å². The van der Waals surface area contributed by atoms with Crippen molar-refractivity contribution < 1.29 is 0 Å². The van der Waals surface area contributed by atoms with Gasteiger partial charge in [-0.3, -0.25) is 4.98 Å².